The molecule has 32 heavy (non-hydrogen) atoms. The van der Waals surface area contributed by atoms with Crippen molar-refractivity contribution < 1.29 is 13.5 Å². The first kappa shape index (κ1) is 19.8. The minimum absolute atomic E-state index is 0.135. The Balaban J connectivity index is 1.53. The summed E-state index contributed by atoms with van der Waals surface area (Å²) in [6, 6.07) is 26.4. The highest BCUT2D eigenvalue weighted by atomic mass is 19.1. The van der Waals surface area contributed by atoms with Gasteiger partial charge in [0.15, 0.2) is 0 Å². The molecular weight excluding hydrogens is 406 g/mol. The van der Waals surface area contributed by atoms with E-state index < -0.39 is 11.6 Å². The minimum Gasteiger partial charge on any atom is -0.488 e. The number of aromatic nitrogens is 2. The Morgan fingerprint density at radius 3 is 2.28 bits per heavy atom. The highest BCUT2D eigenvalue weighted by Gasteiger charge is 2.14. The molecule has 0 aliphatic carbocycles. The third kappa shape index (κ3) is 3.93. The summed E-state index contributed by atoms with van der Waals surface area (Å²) in [5.41, 5.74) is 3.36. The van der Waals surface area contributed by atoms with Crippen LogP contribution in [0.4, 0.5) is 8.78 Å². The molecule has 0 aliphatic rings. The van der Waals surface area contributed by atoms with Crippen LogP contribution in [0.2, 0.25) is 0 Å². The third-order valence-electron chi connectivity index (χ3n) is 5.20. The molecule has 2 aromatic heterocycles. The number of hydrogen-bond donors (Lipinski definition) is 0. The zero-order valence-corrected chi connectivity index (χ0v) is 17.0. The number of fused-ring (bicyclic) bond motifs is 1. The second kappa shape index (κ2) is 8.55. The second-order valence-electron chi connectivity index (χ2n) is 7.32. The monoisotopic (exact) mass is 424 g/mol. The van der Waals surface area contributed by atoms with Crippen LogP contribution in [0.5, 0.6) is 5.75 Å². The quantitative estimate of drug-likeness (QED) is 0.310. The highest BCUT2D eigenvalue weighted by molar-refractivity contribution is 5.89. The van der Waals surface area contributed by atoms with Crippen LogP contribution in [0.1, 0.15) is 5.56 Å². The Bertz CT molecular complexity index is 1380. The van der Waals surface area contributed by atoms with Crippen molar-refractivity contribution in [3.8, 4) is 28.3 Å². The third-order valence-corrected chi connectivity index (χ3v) is 5.20. The zero-order chi connectivity index (χ0) is 21.9. The van der Waals surface area contributed by atoms with Crippen LogP contribution < -0.4 is 4.74 Å². The second-order valence-corrected chi connectivity index (χ2v) is 7.32. The van der Waals surface area contributed by atoms with E-state index in [0.717, 1.165) is 22.0 Å². The minimum atomic E-state index is -0.644. The van der Waals surface area contributed by atoms with Crippen LogP contribution in [0.25, 0.3) is 33.4 Å². The summed E-state index contributed by atoms with van der Waals surface area (Å²) in [6.45, 7) is 0.435. The van der Waals surface area contributed by atoms with Crippen molar-refractivity contribution in [2.75, 3.05) is 0 Å². The number of nitrogens with zero attached hydrogens (tertiary/aromatic N) is 2. The van der Waals surface area contributed by atoms with E-state index in [1.54, 1.807) is 18.3 Å². The van der Waals surface area contributed by atoms with Gasteiger partial charge in [-0.2, -0.15) is 0 Å². The van der Waals surface area contributed by atoms with Crippen LogP contribution in [-0.2, 0) is 6.61 Å². The normalized spacial score (nSPS) is 10.9. The summed E-state index contributed by atoms with van der Waals surface area (Å²) >= 11 is 0. The Morgan fingerprint density at radius 1 is 0.719 bits per heavy atom. The predicted octanol–water partition coefficient (Wildman–Crippen LogP) is 6.82. The van der Waals surface area contributed by atoms with Gasteiger partial charge >= 0.3 is 0 Å². The van der Waals surface area contributed by atoms with Gasteiger partial charge in [0, 0.05) is 17.1 Å². The fourth-order valence-electron chi connectivity index (χ4n) is 3.62. The molecule has 0 radical (unpaired) electrons. The Morgan fingerprint density at radius 2 is 1.47 bits per heavy atom. The molecule has 0 saturated carbocycles. The van der Waals surface area contributed by atoms with E-state index in [9.17, 15) is 8.78 Å². The Labute approximate surface area is 184 Å². The molecule has 0 unspecified atom stereocenters. The lowest BCUT2D eigenvalue weighted by atomic mass is 10.1. The van der Waals surface area contributed by atoms with E-state index in [0.29, 0.717) is 18.1 Å². The van der Waals surface area contributed by atoms with E-state index in [-0.39, 0.29) is 11.3 Å². The van der Waals surface area contributed by atoms with E-state index in [1.165, 1.54) is 18.2 Å². The van der Waals surface area contributed by atoms with Gasteiger partial charge in [0.05, 0.1) is 22.5 Å². The lowest BCUT2D eigenvalue weighted by Crippen LogP contribution is -1.97. The molecule has 156 valence electrons. The van der Waals surface area contributed by atoms with Gasteiger partial charge in [-0.05, 0) is 48.0 Å². The molecule has 3 nitrogen and oxygen atoms in total. The molecule has 0 aliphatic heterocycles. The Hall–Kier alpha value is -4.12. The maximum absolute atomic E-state index is 14.3. The van der Waals surface area contributed by atoms with E-state index >= 15 is 0 Å². The highest BCUT2D eigenvalue weighted by Crippen LogP contribution is 2.31. The Kier molecular flexibility index (Phi) is 5.30. The molecular formula is C27H18F2N2O. The van der Waals surface area contributed by atoms with E-state index in [1.807, 2.05) is 60.7 Å². The number of hydrogen-bond acceptors (Lipinski definition) is 3. The fourth-order valence-corrected chi connectivity index (χ4v) is 3.62. The van der Waals surface area contributed by atoms with Crippen LogP contribution in [0.3, 0.4) is 0 Å². The van der Waals surface area contributed by atoms with Gasteiger partial charge in [0.25, 0.3) is 0 Å². The summed E-state index contributed by atoms with van der Waals surface area (Å²) in [7, 11) is 0. The zero-order valence-electron chi connectivity index (χ0n) is 17.0. The van der Waals surface area contributed by atoms with Crippen LogP contribution in [0.15, 0.2) is 97.2 Å². The van der Waals surface area contributed by atoms with Crippen molar-refractivity contribution in [2.45, 2.75) is 6.61 Å². The number of rotatable bonds is 5. The summed E-state index contributed by atoms with van der Waals surface area (Å²) in [4.78, 5) is 8.94. The van der Waals surface area contributed by atoms with E-state index in [4.69, 9.17) is 4.74 Å². The summed E-state index contributed by atoms with van der Waals surface area (Å²) in [6.07, 6.45) is 1.71. The van der Waals surface area contributed by atoms with Gasteiger partial charge in [0.1, 0.15) is 24.0 Å². The molecule has 0 saturated heterocycles. The van der Waals surface area contributed by atoms with Crippen molar-refractivity contribution in [3.05, 3.63) is 114 Å². The van der Waals surface area contributed by atoms with Crippen molar-refractivity contribution in [3.63, 3.8) is 0 Å². The van der Waals surface area contributed by atoms with Gasteiger partial charge in [-0.1, -0.05) is 48.5 Å². The van der Waals surface area contributed by atoms with Crippen LogP contribution in [-0.4, -0.2) is 9.97 Å². The molecule has 2 heterocycles. The first-order chi connectivity index (χ1) is 15.7. The number of pyridine rings is 2. The number of halogens is 2. The van der Waals surface area contributed by atoms with Gasteiger partial charge in [-0.25, -0.2) is 13.8 Å². The van der Waals surface area contributed by atoms with Gasteiger partial charge in [-0.3, -0.25) is 4.98 Å². The topological polar surface area (TPSA) is 35.0 Å². The van der Waals surface area contributed by atoms with Crippen molar-refractivity contribution in [1.82, 2.24) is 9.97 Å². The van der Waals surface area contributed by atoms with Gasteiger partial charge in [-0.15, -0.1) is 0 Å². The number of benzene rings is 3. The first-order valence-corrected chi connectivity index (χ1v) is 10.2. The number of ether oxygens (including phenoxy) is 1. The van der Waals surface area contributed by atoms with Crippen LogP contribution in [0, 0.1) is 11.6 Å². The summed E-state index contributed by atoms with van der Waals surface area (Å²) in [5.74, 6) is -0.583. The van der Waals surface area contributed by atoms with Crippen molar-refractivity contribution >= 4 is 10.9 Å². The van der Waals surface area contributed by atoms with Crippen molar-refractivity contribution in [2.24, 2.45) is 0 Å². The average Bonchev–Trinajstić information content (AvgIpc) is 2.83. The molecule has 0 bridgehead atoms. The molecule has 0 amide bonds. The maximum atomic E-state index is 14.3. The first-order valence-electron chi connectivity index (χ1n) is 10.2. The molecule has 5 aromatic rings. The molecule has 5 heteroatoms. The molecule has 0 atom stereocenters. The van der Waals surface area contributed by atoms with Gasteiger partial charge < -0.3 is 4.74 Å². The maximum Gasteiger partial charge on any atom is 0.135 e. The van der Waals surface area contributed by atoms with E-state index in [2.05, 4.69) is 9.97 Å². The smallest absolute Gasteiger partial charge is 0.135 e. The summed E-state index contributed by atoms with van der Waals surface area (Å²) < 4.78 is 34.6. The predicted molar refractivity (Wildman–Crippen MR) is 121 cm³/mol. The lowest BCUT2D eigenvalue weighted by molar-refractivity contribution is 0.310. The molecule has 5 rings (SSSR count). The van der Waals surface area contributed by atoms with Crippen molar-refractivity contribution in [1.29, 1.82) is 0 Å². The molecule has 3 aromatic carbocycles. The average molecular weight is 424 g/mol. The lowest BCUT2D eigenvalue weighted by Gasteiger charge is -2.11. The molecule has 0 fully saturated rings. The molecule has 0 spiro atoms. The largest absolute Gasteiger partial charge is 0.488 e. The SMILES string of the molecule is Fc1cccc(F)c1-c1cccc(-c2ccc3nccc(OCc4ccccc4)c3c2)n1. The van der Waals surface area contributed by atoms with Crippen LogP contribution >= 0.6 is 0 Å². The van der Waals surface area contributed by atoms with Gasteiger partial charge in [0.2, 0.25) is 0 Å². The standard InChI is InChI=1S/C27H18F2N2O/c28-21-8-4-9-22(29)27(21)25-11-5-10-23(31-25)19-12-13-24-20(16-19)26(14-15-30-24)32-17-18-6-2-1-3-7-18/h1-16H,17H2. The fraction of sp³-hybridized carbons (Fsp3) is 0.0370. The molecule has 0 N–H and O–H groups in total. The summed E-state index contributed by atoms with van der Waals surface area (Å²) in [5, 5.41) is 0.838.